The normalized spacial score (nSPS) is 16.0. The van der Waals surface area contributed by atoms with E-state index >= 15 is 0 Å². The van der Waals surface area contributed by atoms with Gasteiger partial charge < -0.3 is 10.1 Å². The molecule has 3 rings (SSSR count). The van der Waals surface area contributed by atoms with Crippen LogP contribution in [0.3, 0.4) is 0 Å². The Kier molecular flexibility index (Phi) is 5.86. The topological polar surface area (TPSA) is 39.1 Å². The Hall–Kier alpha value is -2.02. The molecule has 4 nitrogen and oxygen atoms in total. The van der Waals surface area contributed by atoms with E-state index in [0.717, 1.165) is 43.7 Å². The lowest BCUT2D eigenvalue weighted by Gasteiger charge is -2.23. The molecule has 1 aromatic heterocycles. The SMILES string of the molecule is CCn1nc(Cc2ccc(OCC(F)(F)F)cc2)cc1C1CCNCC1. The van der Waals surface area contributed by atoms with Gasteiger partial charge in [-0.05, 0) is 56.6 Å². The molecule has 0 unspecified atom stereocenters. The minimum atomic E-state index is -4.32. The van der Waals surface area contributed by atoms with E-state index in [-0.39, 0.29) is 5.75 Å². The molecule has 1 aliphatic rings. The van der Waals surface area contributed by atoms with Gasteiger partial charge in [-0.2, -0.15) is 18.3 Å². The summed E-state index contributed by atoms with van der Waals surface area (Å²) in [5.74, 6) is 0.760. The Balaban J connectivity index is 1.66. The van der Waals surface area contributed by atoms with Crippen molar-refractivity contribution in [3.63, 3.8) is 0 Å². The molecule has 7 heteroatoms. The molecule has 0 radical (unpaired) electrons. The highest BCUT2D eigenvalue weighted by Crippen LogP contribution is 2.27. The standard InChI is InChI=1S/C19H24F3N3O/c1-2-25-18(15-7-9-23-10-8-15)12-16(24-25)11-14-3-5-17(6-4-14)26-13-19(20,21)22/h3-6,12,15,23H,2,7-11,13H2,1H3. The molecule has 1 aromatic carbocycles. The lowest BCUT2D eigenvalue weighted by molar-refractivity contribution is -0.153. The van der Waals surface area contributed by atoms with Gasteiger partial charge in [-0.3, -0.25) is 4.68 Å². The van der Waals surface area contributed by atoms with Crippen molar-refractivity contribution in [3.8, 4) is 5.75 Å². The Bertz CT molecular complexity index is 704. The predicted molar refractivity (Wildman–Crippen MR) is 93.5 cm³/mol. The summed E-state index contributed by atoms with van der Waals surface area (Å²) in [6.07, 6.45) is -1.42. The van der Waals surface area contributed by atoms with E-state index in [1.165, 1.54) is 5.69 Å². The molecule has 0 saturated carbocycles. The molecule has 26 heavy (non-hydrogen) atoms. The number of hydrogen-bond donors (Lipinski definition) is 1. The van der Waals surface area contributed by atoms with Crippen LogP contribution in [0.1, 0.15) is 42.6 Å². The first-order chi connectivity index (χ1) is 12.4. The summed E-state index contributed by atoms with van der Waals surface area (Å²) < 4.78 is 43.4. The van der Waals surface area contributed by atoms with E-state index in [4.69, 9.17) is 9.84 Å². The van der Waals surface area contributed by atoms with Crippen molar-refractivity contribution in [3.05, 3.63) is 47.3 Å². The molecule has 1 N–H and O–H groups in total. The van der Waals surface area contributed by atoms with Crippen molar-refractivity contribution >= 4 is 0 Å². The van der Waals surface area contributed by atoms with Crippen molar-refractivity contribution in [2.45, 2.75) is 44.8 Å². The largest absolute Gasteiger partial charge is 0.484 e. The highest BCUT2D eigenvalue weighted by molar-refractivity contribution is 5.30. The summed E-state index contributed by atoms with van der Waals surface area (Å²) in [5, 5.41) is 8.09. The van der Waals surface area contributed by atoms with Crippen LogP contribution < -0.4 is 10.1 Å². The second kappa shape index (κ2) is 8.12. The van der Waals surface area contributed by atoms with Gasteiger partial charge in [-0.1, -0.05) is 12.1 Å². The molecule has 0 spiro atoms. The number of piperidine rings is 1. The summed E-state index contributed by atoms with van der Waals surface area (Å²) in [6.45, 7) is 3.73. The molecular formula is C19H24F3N3O. The maximum atomic E-state index is 12.2. The lowest BCUT2D eigenvalue weighted by atomic mass is 9.94. The summed E-state index contributed by atoms with van der Waals surface area (Å²) in [5.41, 5.74) is 3.28. The zero-order chi connectivity index (χ0) is 18.6. The summed E-state index contributed by atoms with van der Waals surface area (Å²) in [7, 11) is 0. The van der Waals surface area contributed by atoms with Crippen LogP contribution in [-0.4, -0.2) is 35.7 Å². The second-order valence-electron chi connectivity index (χ2n) is 6.63. The van der Waals surface area contributed by atoms with Gasteiger partial charge in [0.05, 0.1) is 5.69 Å². The fourth-order valence-corrected chi connectivity index (χ4v) is 3.35. The number of aryl methyl sites for hydroxylation is 1. The number of rotatable bonds is 6. The van der Waals surface area contributed by atoms with Gasteiger partial charge in [0.15, 0.2) is 6.61 Å². The van der Waals surface area contributed by atoms with Crippen LogP contribution in [0.5, 0.6) is 5.75 Å². The van der Waals surface area contributed by atoms with Gasteiger partial charge in [0, 0.05) is 24.6 Å². The fraction of sp³-hybridized carbons (Fsp3) is 0.526. The summed E-state index contributed by atoms with van der Waals surface area (Å²) in [6, 6.07) is 8.91. The molecule has 1 saturated heterocycles. The Morgan fingerprint density at radius 3 is 2.50 bits per heavy atom. The van der Waals surface area contributed by atoms with Crippen LogP contribution in [0.2, 0.25) is 0 Å². The molecule has 0 aliphatic carbocycles. The Morgan fingerprint density at radius 1 is 1.19 bits per heavy atom. The molecule has 0 atom stereocenters. The third-order valence-electron chi connectivity index (χ3n) is 4.63. The second-order valence-corrected chi connectivity index (χ2v) is 6.63. The Labute approximate surface area is 151 Å². The average molecular weight is 367 g/mol. The smallest absolute Gasteiger partial charge is 0.422 e. The first-order valence-corrected chi connectivity index (χ1v) is 9.00. The zero-order valence-electron chi connectivity index (χ0n) is 14.9. The number of aromatic nitrogens is 2. The first-order valence-electron chi connectivity index (χ1n) is 9.00. The molecule has 0 bridgehead atoms. The number of halogens is 3. The van der Waals surface area contributed by atoms with Crippen LogP contribution in [0.25, 0.3) is 0 Å². The van der Waals surface area contributed by atoms with Crippen LogP contribution in [-0.2, 0) is 13.0 Å². The van der Waals surface area contributed by atoms with Crippen molar-refractivity contribution in [1.82, 2.24) is 15.1 Å². The predicted octanol–water partition coefficient (Wildman–Crippen LogP) is 3.90. The number of hydrogen-bond acceptors (Lipinski definition) is 3. The molecule has 1 aliphatic heterocycles. The van der Waals surface area contributed by atoms with Crippen LogP contribution >= 0.6 is 0 Å². The minimum Gasteiger partial charge on any atom is -0.484 e. The van der Waals surface area contributed by atoms with Gasteiger partial charge in [0.1, 0.15) is 5.75 Å². The van der Waals surface area contributed by atoms with Crippen molar-refractivity contribution in [2.75, 3.05) is 19.7 Å². The van der Waals surface area contributed by atoms with Gasteiger partial charge >= 0.3 is 6.18 Å². The van der Waals surface area contributed by atoms with E-state index in [1.807, 2.05) is 0 Å². The quantitative estimate of drug-likeness (QED) is 0.842. The van der Waals surface area contributed by atoms with E-state index in [0.29, 0.717) is 12.3 Å². The van der Waals surface area contributed by atoms with E-state index in [1.54, 1.807) is 24.3 Å². The summed E-state index contributed by atoms with van der Waals surface area (Å²) >= 11 is 0. The van der Waals surface area contributed by atoms with E-state index in [9.17, 15) is 13.2 Å². The highest BCUT2D eigenvalue weighted by atomic mass is 19.4. The maximum absolute atomic E-state index is 12.2. The van der Waals surface area contributed by atoms with Crippen molar-refractivity contribution in [2.24, 2.45) is 0 Å². The van der Waals surface area contributed by atoms with Crippen LogP contribution in [0.15, 0.2) is 30.3 Å². The third kappa shape index (κ3) is 5.00. The highest BCUT2D eigenvalue weighted by Gasteiger charge is 2.28. The average Bonchev–Trinajstić information content (AvgIpc) is 3.04. The minimum absolute atomic E-state index is 0.223. The fourth-order valence-electron chi connectivity index (χ4n) is 3.35. The van der Waals surface area contributed by atoms with Gasteiger partial charge in [0.2, 0.25) is 0 Å². The molecular weight excluding hydrogens is 343 g/mol. The van der Waals surface area contributed by atoms with Crippen molar-refractivity contribution in [1.29, 1.82) is 0 Å². The number of alkyl halides is 3. The molecule has 1 fully saturated rings. The van der Waals surface area contributed by atoms with E-state index in [2.05, 4.69) is 23.0 Å². The van der Waals surface area contributed by atoms with Crippen LogP contribution in [0, 0.1) is 0 Å². The monoisotopic (exact) mass is 367 g/mol. The number of ether oxygens (including phenoxy) is 1. The third-order valence-corrected chi connectivity index (χ3v) is 4.63. The number of nitrogens with one attached hydrogen (secondary N) is 1. The van der Waals surface area contributed by atoms with Gasteiger partial charge in [-0.25, -0.2) is 0 Å². The first kappa shape index (κ1) is 18.8. The van der Waals surface area contributed by atoms with Crippen LogP contribution in [0.4, 0.5) is 13.2 Å². The van der Waals surface area contributed by atoms with E-state index < -0.39 is 12.8 Å². The molecule has 142 valence electrons. The zero-order valence-corrected chi connectivity index (χ0v) is 14.9. The number of benzene rings is 1. The summed E-state index contributed by atoms with van der Waals surface area (Å²) in [4.78, 5) is 0. The Morgan fingerprint density at radius 2 is 1.88 bits per heavy atom. The maximum Gasteiger partial charge on any atom is 0.422 e. The molecule has 2 aromatic rings. The van der Waals surface area contributed by atoms with Crippen molar-refractivity contribution < 1.29 is 17.9 Å². The number of nitrogens with zero attached hydrogens (tertiary/aromatic N) is 2. The molecule has 0 amide bonds. The molecule has 2 heterocycles. The van der Waals surface area contributed by atoms with Gasteiger partial charge in [0.25, 0.3) is 0 Å². The lowest BCUT2D eigenvalue weighted by Crippen LogP contribution is -2.27. The van der Waals surface area contributed by atoms with Gasteiger partial charge in [-0.15, -0.1) is 0 Å².